The fourth-order valence-electron chi connectivity index (χ4n) is 5.88. The van der Waals surface area contributed by atoms with Crippen LogP contribution in [0.1, 0.15) is 30.9 Å². The molecule has 2 aromatic heterocycles. The number of nitrogens with zero attached hydrogens (tertiary/aromatic N) is 4. The van der Waals surface area contributed by atoms with Gasteiger partial charge in [-0.15, -0.1) is 0 Å². The van der Waals surface area contributed by atoms with Crippen LogP contribution in [0.5, 0.6) is 0 Å². The van der Waals surface area contributed by atoms with Gasteiger partial charge in [0.2, 0.25) is 0 Å². The summed E-state index contributed by atoms with van der Waals surface area (Å²) in [5.41, 5.74) is 7.38. The molecule has 1 saturated heterocycles. The van der Waals surface area contributed by atoms with E-state index in [9.17, 15) is 9.59 Å². The Hall–Kier alpha value is -4.17. The van der Waals surface area contributed by atoms with E-state index in [1.165, 1.54) is 11.3 Å². The van der Waals surface area contributed by atoms with Crippen molar-refractivity contribution in [1.82, 2.24) is 24.4 Å². The summed E-state index contributed by atoms with van der Waals surface area (Å²) in [5.74, 6) is 1.42. The van der Waals surface area contributed by atoms with Crippen LogP contribution in [0.4, 0.5) is 5.69 Å². The predicted molar refractivity (Wildman–Crippen MR) is 160 cm³/mol. The molecule has 3 aromatic carbocycles. The fourth-order valence-corrected chi connectivity index (χ4v) is 5.88. The number of nitrogens with one attached hydrogen (secondary N) is 2. The highest BCUT2D eigenvalue weighted by Gasteiger charge is 2.24. The van der Waals surface area contributed by atoms with E-state index in [2.05, 4.69) is 75.2 Å². The van der Waals surface area contributed by atoms with Crippen molar-refractivity contribution in [2.24, 2.45) is 5.92 Å². The average molecular weight is 535 g/mol. The highest BCUT2D eigenvalue weighted by molar-refractivity contribution is 5.91. The largest absolute Gasteiger partial charge is 0.367 e. The Labute approximate surface area is 232 Å². The summed E-state index contributed by atoms with van der Waals surface area (Å²) in [6, 6.07) is 21.1. The molecule has 2 aliphatic rings. The van der Waals surface area contributed by atoms with Gasteiger partial charge in [0.25, 0.3) is 0 Å². The summed E-state index contributed by atoms with van der Waals surface area (Å²) in [4.78, 5) is 41.0. The van der Waals surface area contributed by atoms with Crippen molar-refractivity contribution in [2.75, 3.05) is 31.1 Å². The van der Waals surface area contributed by atoms with Crippen molar-refractivity contribution in [1.29, 1.82) is 0 Å². The quantitative estimate of drug-likeness (QED) is 0.300. The molecule has 8 heteroatoms. The zero-order chi connectivity index (χ0) is 27.2. The molecule has 1 aliphatic carbocycles. The van der Waals surface area contributed by atoms with E-state index >= 15 is 0 Å². The molecule has 0 unspecified atom stereocenters. The molecular formula is C32H34N6O2. The Bertz CT molecular complexity index is 1800. The lowest BCUT2D eigenvalue weighted by Gasteiger charge is -2.36. The third kappa shape index (κ3) is 4.73. The van der Waals surface area contributed by atoms with Gasteiger partial charge in [0.15, 0.2) is 0 Å². The second-order valence-electron chi connectivity index (χ2n) is 11.2. The maximum Gasteiger partial charge on any atom is 0.316 e. The molecular weight excluding hydrogens is 500 g/mol. The second kappa shape index (κ2) is 10.1. The van der Waals surface area contributed by atoms with Gasteiger partial charge in [0.05, 0.1) is 22.2 Å². The van der Waals surface area contributed by atoms with Crippen molar-refractivity contribution >= 4 is 27.8 Å². The van der Waals surface area contributed by atoms with Crippen LogP contribution in [0.2, 0.25) is 0 Å². The molecule has 8 nitrogen and oxygen atoms in total. The van der Waals surface area contributed by atoms with Gasteiger partial charge in [0, 0.05) is 44.8 Å². The van der Waals surface area contributed by atoms with E-state index < -0.39 is 11.1 Å². The number of piperazine rings is 1. The number of rotatable bonds is 7. The van der Waals surface area contributed by atoms with Crippen LogP contribution in [0, 0.1) is 5.92 Å². The second-order valence-corrected chi connectivity index (χ2v) is 11.2. The number of hydrogen-bond acceptors (Lipinski definition) is 5. The molecule has 5 aromatic rings. The van der Waals surface area contributed by atoms with Crippen molar-refractivity contribution in [2.45, 2.75) is 39.3 Å². The van der Waals surface area contributed by atoms with Gasteiger partial charge in [-0.1, -0.05) is 43.3 Å². The number of hydrogen-bond donors (Lipinski definition) is 2. The van der Waals surface area contributed by atoms with Gasteiger partial charge in [-0.25, -0.2) is 4.98 Å². The van der Waals surface area contributed by atoms with Gasteiger partial charge >= 0.3 is 11.1 Å². The van der Waals surface area contributed by atoms with Crippen LogP contribution in [0.15, 0.2) is 70.3 Å². The Morgan fingerprint density at radius 2 is 1.65 bits per heavy atom. The minimum Gasteiger partial charge on any atom is -0.367 e. The van der Waals surface area contributed by atoms with E-state index in [1.54, 1.807) is 4.57 Å². The van der Waals surface area contributed by atoms with Crippen molar-refractivity contribution in [3.05, 3.63) is 92.5 Å². The van der Waals surface area contributed by atoms with Gasteiger partial charge < -0.3 is 19.4 Å². The lowest BCUT2D eigenvalue weighted by atomic mass is 10.1. The monoisotopic (exact) mass is 534 g/mol. The molecule has 2 fully saturated rings. The Balaban J connectivity index is 1.06. The third-order valence-electron chi connectivity index (χ3n) is 8.42. The highest BCUT2D eigenvalue weighted by Crippen LogP contribution is 2.31. The molecule has 2 N–H and O–H groups in total. The van der Waals surface area contributed by atoms with Crippen molar-refractivity contribution < 1.29 is 0 Å². The number of fused-ring (bicyclic) bond motifs is 2. The van der Waals surface area contributed by atoms with Gasteiger partial charge in [-0.3, -0.25) is 14.5 Å². The maximum atomic E-state index is 12.5. The summed E-state index contributed by atoms with van der Waals surface area (Å²) < 4.78 is 1.66. The first-order valence-corrected chi connectivity index (χ1v) is 14.4. The molecule has 1 saturated carbocycles. The summed E-state index contributed by atoms with van der Waals surface area (Å²) >= 11 is 0. The third-order valence-corrected chi connectivity index (χ3v) is 8.42. The molecule has 7 rings (SSSR count). The summed E-state index contributed by atoms with van der Waals surface area (Å²) in [6.45, 7) is 7.30. The van der Waals surface area contributed by atoms with Gasteiger partial charge in [0.1, 0.15) is 11.3 Å². The SMILES string of the molecule is CCc1ccc(-c2nc3c(N4CCN(Cc5ccc6c(c5)[nH]c(=O)c(=O)n6CC5CC5)CC4)cccc3[nH]2)cc1. The minimum absolute atomic E-state index is 0.447. The molecule has 1 aliphatic heterocycles. The van der Waals surface area contributed by atoms with E-state index in [1.807, 2.05) is 12.1 Å². The number of imidazole rings is 1. The molecule has 0 radical (unpaired) electrons. The Morgan fingerprint density at radius 1 is 0.875 bits per heavy atom. The van der Waals surface area contributed by atoms with Gasteiger partial charge in [-0.2, -0.15) is 0 Å². The molecule has 0 atom stereocenters. The molecule has 204 valence electrons. The van der Waals surface area contributed by atoms with Crippen LogP contribution in [0.25, 0.3) is 33.5 Å². The molecule has 40 heavy (non-hydrogen) atoms. The number of aryl methyl sites for hydroxylation is 1. The fraction of sp³-hybridized carbons (Fsp3) is 0.344. The summed E-state index contributed by atoms with van der Waals surface area (Å²) in [6.07, 6.45) is 3.29. The smallest absolute Gasteiger partial charge is 0.316 e. The van der Waals surface area contributed by atoms with Gasteiger partial charge in [-0.05, 0) is 60.6 Å². The lowest BCUT2D eigenvalue weighted by Crippen LogP contribution is -2.46. The van der Waals surface area contributed by atoms with E-state index in [0.29, 0.717) is 12.5 Å². The number of benzene rings is 3. The number of anilines is 1. The van der Waals surface area contributed by atoms with Crippen molar-refractivity contribution in [3.63, 3.8) is 0 Å². The predicted octanol–water partition coefficient (Wildman–Crippen LogP) is 4.53. The van der Waals surface area contributed by atoms with Crippen LogP contribution < -0.4 is 16.0 Å². The first kappa shape index (κ1) is 24.8. The van der Waals surface area contributed by atoms with Crippen LogP contribution in [-0.2, 0) is 19.5 Å². The van der Waals surface area contributed by atoms with E-state index in [4.69, 9.17) is 4.98 Å². The van der Waals surface area contributed by atoms with E-state index in [0.717, 1.165) is 91.0 Å². The normalized spacial score (nSPS) is 16.3. The number of aromatic nitrogens is 4. The number of H-pyrrole nitrogens is 2. The molecule has 0 spiro atoms. The standard InChI is InChI=1S/C32H34N6O2/c1-2-21-8-11-24(12-9-21)30-33-25-4-3-5-28(29(25)35-30)37-16-14-36(15-17-37)19-23-10-13-27-26(18-23)34-31(39)32(40)38(27)20-22-6-7-22/h3-5,8-13,18,22H,2,6-7,14-17,19-20H2,1H3,(H,33,35)(H,34,39). The number of aromatic amines is 2. The topological polar surface area (TPSA) is 90.0 Å². The van der Waals surface area contributed by atoms with E-state index in [-0.39, 0.29) is 0 Å². The highest BCUT2D eigenvalue weighted by atomic mass is 16.2. The zero-order valence-electron chi connectivity index (χ0n) is 22.8. The minimum atomic E-state index is -0.535. The summed E-state index contributed by atoms with van der Waals surface area (Å²) in [7, 11) is 0. The molecule has 0 amide bonds. The zero-order valence-corrected chi connectivity index (χ0v) is 22.8. The average Bonchev–Trinajstić information content (AvgIpc) is 3.70. The van der Waals surface area contributed by atoms with Crippen LogP contribution in [-0.4, -0.2) is 50.6 Å². The first-order valence-electron chi connectivity index (χ1n) is 14.4. The summed E-state index contributed by atoms with van der Waals surface area (Å²) in [5, 5.41) is 0. The van der Waals surface area contributed by atoms with Crippen LogP contribution in [0.3, 0.4) is 0 Å². The molecule has 3 heterocycles. The maximum absolute atomic E-state index is 12.5. The van der Waals surface area contributed by atoms with Crippen molar-refractivity contribution in [3.8, 4) is 11.4 Å². The number of para-hydroxylation sites is 1. The molecule has 0 bridgehead atoms. The Morgan fingerprint density at radius 3 is 2.40 bits per heavy atom. The van der Waals surface area contributed by atoms with Crippen LogP contribution >= 0.6 is 0 Å². The lowest BCUT2D eigenvalue weighted by molar-refractivity contribution is 0.250. The Kier molecular flexibility index (Phi) is 6.27. The first-order chi connectivity index (χ1) is 19.6.